The van der Waals surface area contributed by atoms with E-state index in [9.17, 15) is 34.8 Å². The van der Waals surface area contributed by atoms with Crippen LogP contribution in [0.4, 0.5) is 0 Å². The number of nitrogens with zero attached hydrogens (tertiary/aromatic N) is 1. The third kappa shape index (κ3) is 2.53. The quantitative estimate of drug-likeness (QED) is 0.355. The molecule has 1 saturated carbocycles. The predicted octanol–water partition coefficient (Wildman–Crippen LogP) is 0.445. The molecule has 5 rings (SSSR count). The molecule has 10 nitrogen and oxygen atoms in total. The van der Waals surface area contributed by atoms with Gasteiger partial charge in [-0.1, -0.05) is 0 Å². The van der Waals surface area contributed by atoms with E-state index in [4.69, 9.17) is 5.73 Å². The van der Waals surface area contributed by atoms with Crippen molar-refractivity contribution in [3.63, 3.8) is 0 Å². The van der Waals surface area contributed by atoms with E-state index in [0.717, 1.165) is 5.39 Å². The fraction of sp³-hybridized carbons (Fsp3) is 0.348. The van der Waals surface area contributed by atoms with E-state index in [1.165, 1.54) is 4.90 Å². The summed E-state index contributed by atoms with van der Waals surface area (Å²) in [6, 6.07) is 2.48. The largest absolute Gasteiger partial charge is 0.508 e. The first kappa shape index (κ1) is 21.2. The average Bonchev–Trinajstić information content (AvgIpc) is 3.19. The molecule has 0 aliphatic heterocycles. The molecule has 0 spiro atoms. The number of primary amides is 1. The van der Waals surface area contributed by atoms with Crippen molar-refractivity contribution in [2.75, 3.05) is 14.1 Å². The molecule has 7 N–H and O–H groups in total. The lowest BCUT2D eigenvalue weighted by atomic mass is 9.57. The van der Waals surface area contributed by atoms with Crippen molar-refractivity contribution in [3.05, 3.63) is 46.4 Å². The number of H-pyrrole nitrogens is 1. The summed E-state index contributed by atoms with van der Waals surface area (Å²) in [5, 5.41) is 44.9. The number of carbonyl (C=O) groups is 3. The summed E-state index contributed by atoms with van der Waals surface area (Å²) in [5.74, 6) is -6.54. The van der Waals surface area contributed by atoms with E-state index in [2.05, 4.69) is 4.98 Å². The van der Waals surface area contributed by atoms with Gasteiger partial charge in [0, 0.05) is 23.1 Å². The number of nitrogens with two attached hydrogens (primary N) is 1. The van der Waals surface area contributed by atoms with Gasteiger partial charge in [-0.25, -0.2) is 0 Å². The van der Waals surface area contributed by atoms with Crippen LogP contribution in [0.2, 0.25) is 0 Å². The second-order valence-electron chi connectivity index (χ2n) is 9.16. The predicted molar refractivity (Wildman–Crippen MR) is 116 cm³/mol. The third-order valence-corrected chi connectivity index (χ3v) is 7.23. The van der Waals surface area contributed by atoms with Crippen LogP contribution >= 0.6 is 0 Å². The topological polar surface area (TPSA) is 177 Å². The molecule has 1 heterocycles. The van der Waals surface area contributed by atoms with Crippen molar-refractivity contribution in [3.8, 4) is 5.75 Å². The number of aliphatic hydroxyl groups excluding tert-OH is 2. The van der Waals surface area contributed by atoms with E-state index >= 15 is 0 Å². The highest BCUT2D eigenvalue weighted by Crippen LogP contribution is 2.53. The second-order valence-corrected chi connectivity index (χ2v) is 9.16. The Morgan fingerprint density at radius 2 is 1.94 bits per heavy atom. The minimum Gasteiger partial charge on any atom is -0.508 e. The summed E-state index contributed by atoms with van der Waals surface area (Å²) < 4.78 is 0. The Kier molecular flexibility index (Phi) is 4.30. The molecular formula is C23H23N3O7. The molecule has 0 saturated heterocycles. The van der Waals surface area contributed by atoms with E-state index in [1.54, 1.807) is 32.4 Å². The highest BCUT2D eigenvalue weighted by atomic mass is 16.3. The molecule has 1 aromatic carbocycles. The van der Waals surface area contributed by atoms with Crippen LogP contribution in [-0.2, 0) is 20.8 Å². The molecule has 4 atom stereocenters. The molecule has 33 heavy (non-hydrogen) atoms. The molecule has 1 fully saturated rings. The SMILES string of the molecule is CN(C)[C@@H]1C(=O)C(C(N)=O)=C(O)[C@@]2(O)C(=O)C3=C(O)c4c(cc5cc[nH]c5c4O)C[C@H]3C[C@@H]12. The molecule has 0 unspecified atom stereocenters. The van der Waals surface area contributed by atoms with Gasteiger partial charge in [0.05, 0.1) is 17.1 Å². The molecule has 172 valence electrons. The van der Waals surface area contributed by atoms with Crippen molar-refractivity contribution < 1.29 is 34.8 Å². The number of aliphatic hydroxyl groups is 3. The fourth-order valence-electron chi connectivity index (χ4n) is 5.82. The number of hydrogen-bond acceptors (Lipinski definition) is 8. The number of Topliss-reactive ketones (excluding diaryl/α,β-unsaturated/α-hetero) is 2. The van der Waals surface area contributed by atoms with Gasteiger partial charge in [-0.2, -0.15) is 0 Å². The number of fused-ring (bicyclic) bond motifs is 4. The molecule has 1 aromatic heterocycles. The smallest absolute Gasteiger partial charge is 0.255 e. The number of phenols is 1. The summed E-state index contributed by atoms with van der Waals surface area (Å²) >= 11 is 0. The number of ketones is 2. The molecule has 3 aliphatic rings. The Morgan fingerprint density at radius 3 is 2.58 bits per heavy atom. The zero-order chi connectivity index (χ0) is 24.0. The van der Waals surface area contributed by atoms with Crippen LogP contribution in [0.1, 0.15) is 17.5 Å². The molecule has 1 amide bonds. The van der Waals surface area contributed by atoms with Gasteiger partial charge in [0.15, 0.2) is 17.1 Å². The van der Waals surface area contributed by atoms with Crippen molar-refractivity contribution in [1.29, 1.82) is 0 Å². The Balaban J connectivity index is 1.76. The van der Waals surface area contributed by atoms with Crippen LogP contribution in [0.5, 0.6) is 5.75 Å². The summed E-state index contributed by atoms with van der Waals surface area (Å²) in [6.45, 7) is 0. The molecule has 3 aliphatic carbocycles. The van der Waals surface area contributed by atoms with Gasteiger partial charge in [0.1, 0.15) is 17.1 Å². The van der Waals surface area contributed by atoms with Crippen LogP contribution in [0.3, 0.4) is 0 Å². The molecule has 0 bridgehead atoms. The minimum absolute atomic E-state index is 0.0672. The Morgan fingerprint density at radius 1 is 1.24 bits per heavy atom. The van der Waals surface area contributed by atoms with E-state index in [0.29, 0.717) is 11.1 Å². The number of rotatable bonds is 2. The normalized spacial score (nSPS) is 29.4. The maximum atomic E-state index is 13.7. The van der Waals surface area contributed by atoms with E-state index < -0.39 is 58.0 Å². The Hall–Kier alpha value is -3.63. The van der Waals surface area contributed by atoms with Gasteiger partial charge in [0.25, 0.3) is 5.91 Å². The molecular weight excluding hydrogens is 430 g/mol. The number of amides is 1. The van der Waals surface area contributed by atoms with Gasteiger partial charge in [-0.05, 0) is 50.6 Å². The van der Waals surface area contributed by atoms with Crippen LogP contribution in [0.25, 0.3) is 16.7 Å². The Labute approximate surface area is 187 Å². The highest BCUT2D eigenvalue weighted by molar-refractivity contribution is 6.24. The number of carbonyl (C=O) groups excluding carboxylic acids is 3. The zero-order valence-corrected chi connectivity index (χ0v) is 17.9. The number of likely N-dealkylation sites (N-methyl/N-ethyl adjacent to an activating group) is 1. The monoisotopic (exact) mass is 453 g/mol. The van der Waals surface area contributed by atoms with Crippen LogP contribution in [0.15, 0.2) is 35.2 Å². The first-order chi connectivity index (χ1) is 15.5. The first-order valence-corrected chi connectivity index (χ1v) is 10.5. The lowest BCUT2D eigenvalue weighted by Gasteiger charge is -2.50. The standard InChI is InChI=1S/C23H23N3O7/c1-26(2)16-11-7-10-6-9-5-8-3-4-25-15(8)18(28)12(9)17(27)13(10)20(30)23(11,33)21(31)14(19(16)29)22(24)32/h3-5,10-11,16,25,27-28,31,33H,6-7H2,1-2H3,(H2,24,32)/t10-,11-,16-,23-/m0/s1. The summed E-state index contributed by atoms with van der Waals surface area (Å²) in [5.41, 5.74) is 2.76. The van der Waals surface area contributed by atoms with Gasteiger partial charge < -0.3 is 31.1 Å². The van der Waals surface area contributed by atoms with Crippen molar-refractivity contribution in [2.45, 2.75) is 24.5 Å². The Bertz CT molecular complexity index is 1340. The van der Waals surface area contributed by atoms with Crippen molar-refractivity contribution in [2.24, 2.45) is 17.6 Å². The number of aromatic hydroxyl groups is 1. The van der Waals surface area contributed by atoms with Crippen LogP contribution in [0, 0.1) is 11.8 Å². The lowest BCUT2D eigenvalue weighted by Crippen LogP contribution is -2.65. The fourth-order valence-corrected chi connectivity index (χ4v) is 5.82. The van der Waals surface area contributed by atoms with E-state index in [-0.39, 0.29) is 29.7 Å². The highest BCUT2D eigenvalue weighted by Gasteiger charge is 2.64. The minimum atomic E-state index is -2.63. The number of aromatic nitrogens is 1. The lowest BCUT2D eigenvalue weighted by molar-refractivity contribution is -0.153. The average molecular weight is 453 g/mol. The van der Waals surface area contributed by atoms with Gasteiger partial charge >= 0.3 is 0 Å². The molecule has 10 heteroatoms. The van der Waals surface area contributed by atoms with Gasteiger partial charge in [0.2, 0.25) is 5.78 Å². The van der Waals surface area contributed by atoms with Gasteiger partial charge in [-0.15, -0.1) is 0 Å². The molecule has 2 aromatic rings. The molecule has 0 radical (unpaired) electrons. The van der Waals surface area contributed by atoms with Crippen molar-refractivity contribution in [1.82, 2.24) is 9.88 Å². The van der Waals surface area contributed by atoms with Crippen LogP contribution in [-0.4, -0.2) is 73.5 Å². The number of aromatic amines is 1. The number of hydrogen-bond donors (Lipinski definition) is 6. The third-order valence-electron chi connectivity index (χ3n) is 7.23. The maximum Gasteiger partial charge on any atom is 0.255 e. The second kappa shape index (κ2) is 6.69. The number of nitrogens with one attached hydrogen (secondary N) is 1. The first-order valence-electron chi connectivity index (χ1n) is 10.5. The summed E-state index contributed by atoms with van der Waals surface area (Å²) in [6.07, 6.45) is 1.97. The van der Waals surface area contributed by atoms with Gasteiger partial charge in [-0.3, -0.25) is 19.3 Å². The van der Waals surface area contributed by atoms with Crippen molar-refractivity contribution >= 4 is 34.1 Å². The summed E-state index contributed by atoms with van der Waals surface area (Å²) in [7, 11) is 3.13. The number of benzene rings is 1. The zero-order valence-electron chi connectivity index (χ0n) is 17.9. The van der Waals surface area contributed by atoms with E-state index in [1.807, 2.05) is 0 Å². The summed E-state index contributed by atoms with van der Waals surface area (Å²) in [4.78, 5) is 43.0. The maximum absolute atomic E-state index is 13.7. The van der Waals surface area contributed by atoms with Crippen LogP contribution < -0.4 is 5.73 Å². The number of phenolic OH excluding ortho intramolecular Hbond substituents is 1.